The van der Waals surface area contributed by atoms with Gasteiger partial charge >= 0.3 is 0 Å². The van der Waals surface area contributed by atoms with Crippen LogP contribution in [0.1, 0.15) is 22.8 Å². The van der Waals surface area contributed by atoms with Crippen molar-refractivity contribution in [2.75, 3.05) is 6.61 Å². The molecule has 0 aliphatic carbocycles. The Morgan fingerprint density at radius 2 is 1.83 bits per heavy atom. The Bertz CT molecular complexity index is 1010. The molecule has 1 N–H and O–H groups in total. The number of amides is 1. The van der Waals surface area contributed by atoms with Crippen LogP contribution in [0.5, 0.6) is 17.4 Å². The molecule has 0 saturated heterocycles. The van der Waals surface area contributed by atoms with Crippen molar-refractivity contribution in [3.05, 3.63) is 83.8 Å². The number of aromatic nitrogens is 1. The van der Waals surface area contributed by atoms with Gasteiger partial charge in [0, 0.05) is 29.9 Å². The smallest absolute Gasteiger partial charge is 0.258 e. The van der Waals surface area contributed by atoms with Crippen LogP contribution in [0, 0.1) is 5.82 Å². The van der Waals surface area contributed by atoms with Crippen LogP contribution in [0.3, 0.4) is 0 Å². The zero-order chi connectivity index (χ0) is 20.6. The molecule has 0 aliphatic rings. The van der Waals surface area contributed by atoms with Crippen molar-refractivity contribution in [2.45, 2.75) is 13.5 Å². The molecular weight excluding hydrogens is 375 g/mol. The molecule has 6 nitrogen and oxygen atoms in total. The second-order valence-electron chi connectivity index (χ2n) is 6.17. The summed E-state index contributed by atoms with van der Waals surface area (Å²) in [5.74, 6) is 0.291. The maximum atomic E-state index is 13.3. The van der Waals surface area contributed by atoms with E-state index in [1.165, 1.54) is 25.1 Å². The zero-order valence-corrected chi connectivity index (χ0v) is 15.7. The fourth-order valence-corrected chi connectivity index (χ4v) is 2.47. The largest absolute Gasteiger partial charge is 0.484 e. The molecule has 0 bridgehead atoms. The van der Waals surface area contributed by atoms with Crippen LogP contribution in [-0.4, -0.2) is 23.3 Å². The molecule has 148 valence electrons. The van der Waals surface area contributed by atoms with E-state index in [4.69, 9.17) is 9.47 Å². The minimum atomic E-state index is -0.415. The molecule has 0 radical (unpaired) electrons. The maximum Gasteiger partial charge on any atom is 0.258 e. The average molecular weight is 394 g/mol. The second kappa shape index (κ2) is 9.45. The predicted molar refractivity (Wildman–Crippen MR) is 104 cm³/mol. The molecule has 1 amide bonds. The number of carbonyl (C=O) groups excluding carboxylic acids is 2. The van der Waals surface area contributed by atoms with E-state index < -0.39 is 5.82 Å². The molecule has 29 heavy (non-hydrogen) atoms. The second-order valence-corrected chi connectivity index (χ2v) is 6.17. The molecule has 0 spiro atoms. The summed E-state index contributed by atoms with van der Waals surface area (Å²) < 4.78 is 24.4. The number of hydrogen-bond acceptors (Lipinski definition) is 5. The summed E-state index contributed by atoms with van der Waals surface area (Å²) in [7, 11) is 0. The minimum absolute atomic E-state index is 0.0398. The highest BCUT2D eigenvalue weighted by atomic mass is 19.1. The summed E-state index contributed by atoms with van der Waals surface area (Å²) in [5.41, 5.74) is 1.21. The van der Waals surface area contributed by atoms with Crippen LogP contribution in [-0.2, 0) is 11.3 Å². The highest BCUT2D eigenvalue weighted by molar-refractivity contribution is 5.94. The lowest BCUT2D eigenvalue weighted by Crippen LogP contribution is -2.28. The number of ketones is 1. The molecule has 0 aliphatic heterocycles. The summed E-state index contributed by atoms with van der Waals surface area (Å²) >= 11 is 0. The van der Waals surface area contributed by atoms with Gasteiger partial charge in [-0.05, 0) is 49.4 Å². The lowest BCUT2D eigenvalue weighted by atomic mass is 10.1. The molecule has 3 aromatic rings. The number of hydrogen-bond donors (Lipinski definition) is 1. The van der Waals surface area contributed by atoms with Crippen LogP contribution in [0.2, 0.25) is 0 Å². The van der Waals surface area contributed by atoms with E-state index in [-0.39, 0.29) is 30.7 Å². The van der Waals surface area contributed by atoms with Gasteiger partial charge in [-0.25, -0.2) is 9.37 Å². The van der Waals surface area contributed by atoms with Crippen molar-refractivity contribution < 1.29 is 23.5 Å². The Labute approximate surface area is 167 Å². The first-order chi connectivity index (χ1) is 14.0. The maximum absolute atomic E-state index is 13.3. The number of ether oxygens (including phenoxy) is 2. The average Bonchev–Trinajstić information content (AvgIpc) is 2.72. The number of benzene rings is 2. The van der Waals surface area contributed by atoms with Gasteiger partial charge in [0.25, 0.3) is 5.91 Å². The van der Waals surface area contributed by atoms with Crippen LogP contribution in [0.4, 0.5) is 4.39 Å². The molecule has 0 atom stereocenters. The first kappa shape index (κ1) is 20.0. The Morgan fingerprint density at radius 3 is 2.55 bits per heavy atom. The SMILES string of the molecule is CC(=O)c1ccc(OCC(=O)NCc2cccnc2Oc2cccc(F)c2)cc1. The molecule has 3 rings (SSSR count). The lowest BCUT2D eigenvalue weighted by molar-refractivity contribution is -0.123. The number of carbonyl (C=O) groups is 2. The van der Waals surface area contributed by atoms with Crippen molar-refractivity contribution in [3.63, 3.8) is 0 Å². The van der Waals surface area contributed by atoms with E-state index in [0.717, 1.165) is 0 Å². The van der Waals surface area contributed by atoms with Crippen molar-refractivity contribution in [3.8, 4) is 17.4 Å². The van der Waals surface area contributed by atoms with Crippen LogP contribution in [0.15, 0.2) is 66.9 Å². The highest BCUT2D eigenvalue weighted by Crippen LogP contribution is 2.23. The predicted octanol–water partition coefficient (Wildman–Crippen LogP) is 3.91. The molecule has 1 heterocycles. The minimum Gasteiger partial charge on any atom is -0.484 e. The standard InChI is InChI=1S/C22H19FN2O4/c1-15(26)16-7-9-19(10-8-16)28-14-21(27)25-13-17-4-3-11-24-22(17)29-20-6-2-5-18(23)12-20/h2-12H,13-14H2,1H3,(H,25,27). The number of rotatable bonds is 8. The van der Waals surface area contributed by atoms with E-state index in [2.05, 4.69) is 10.3 Å². The monoisotopic (exact) mass is 394 g/mol. The first-order valence-electron chi connectivity index (χ1n) is 8.89. The summed E-state index contributed by atoms with van der Waals surface area (Å²) in [6, 6.07) is 15.7. The van der Waals surface area contributed by atoms with Gasteiger partial charge in [0.05, 0.1) is 0 Å². The van der Waals surface area contributed by atoms with Gasteiger partial charge in [0.15, 0.2) is 12.4 Å². The van der Waals surface area contributed by atoms with Gasteiger partial charge in [0.2, 0.25) is 5.88 Å². The summed E-state index contributed by atoms with van der Waals surface area (Å²) in [5, 5.41) is 2.72. The fraction of sp³-hybridized carbons (Fsp3) is 0.136. The van der Waals surface area contributed by atoms with Gasteiger partial charge in [-0.3, -0.25) is 9.59 Å². The third-order valence-corrected chi connectivity index (χ3v) is 3.97. The summed E-state index contributed by atoms with van der Waals surface area (Å²) in [6.07, 6.45) is 1.55. The quantitative estimate of drug-likeness (QED) is 0.586. The fourth-order valence-electron chi connectivity index (χ4n) is 2.47. The Hall–Kier alpha value is -3.74. The van der Waals surface area contributed by atoms with E-state index in [1.54, 1.807) is 48.7 Å². The Kier molecular flexibility index (Phi) is 6.52. The van der Waals surface area contributed by atoms with E-state index in [1.807, 2.05) is 0 Å². The third-order valence-electron chi connectivity index (χ3n) is 3.97. The molecular formula is C22H19FN2O4. The number of pyridine rings is 1. The number of halogens is 1. The van der Waals surface area contributed by atoms with E-state index >= 15 is 0 Å². The van der Waals surface area contributed by atoms with Gasteiger partial charge in [0.1, 0.15) is 17.3 Å². The van der Waals surface area contributed by atoms with Crippen LogP contribution in [0.25, 0.3) is 0 Å². The van der Waals surface area contributed by atoms with E-state index in [0.29, 0.717) is 22.6 Å². The summed E-state index contributed by atoms with van der Waals surface area (Å²) in [6.45, 7) is 1.47. The Balaban J connectivity index is 1.54. The van der Waals surface area contributed by atoms with E-state index in [9.17, 15) is 14.0 Å². The third kappa shape index (κ3) is 5.87. The van der Waals surface area contributed by atoms with Crippen molar-refractivity contribution in [1.29, 1.82) is 0 Å². The van der Waals surface area contributed by atoms with Gasteiger partial charge in [-0.1, -0.05) is 12.1 Å². The first-order valence-corrected chi connectivity index (χ1v) is 8.89. The normalized spacial score (nSPS) is 10.3. The highest BCUT2D eigenvalue weighted by Gasteiger charge is 2.09. The topological polar surface area (TPSA) is 77.5 Å². The van der Waals surface area contributed by atoms with Crippen LogP contribution < -0.4 is 14.8 Å². The summed E-state index contributed by atoms with van der Waals surface area (Å²) in [4.78, 5) is 27.5. The lowest BCUT2D eigenvalue weighted by Gasteiger charge is -2.11. The van der Waals surface area contributed by atoms with Gasteiger partial charge in [-0.2, -0.15) is 0 Å². The molecule has 0 fully saturated rings. The molecule has 1 aromatic heterocycles. The molecule has 7 heteroatoms. The van der Waals surface area contributed by atoms with Crippen LogP contribution >= 0.6 is 0 Å². The number of nitrogens with one attached hydrogen (secondary N) is 1. The van der Waals surface area contributed by atoms with Gasteiger partial charge < -0.3 is 14.8 Å². The van der Waals surface area contributed by atoms with Crippen molar-refractivity contribution in [2.24, 2.45) is 0 Å². The number of nitrogens with zero attached hydrogens (tertiary/aromatic N) is 1. The molecule has 2 aromatic carbocycles. The number of Topliss-reactive ketones (excluding diaryl/α,β-unsaturated/α-hetero) is 1. The zero-order valence-electron chi connectivity index (χ0n) is 15.7. The Morgan fingerprint density at radius 1 is 1.03 bits per heavy atom. The molecule has 0 unspecified atom stereocenters. The van der Waals surface area contributed by atoms with Crippen molar-refractivity contribution in [1.82, 2.24) is 10.3 Å². The van der Waals surface area contributed by atoms with Gasteiger partial charge in [-0.15, -0.1) is 0 Å². The van der Waals surface area contributed by atoms with Crippen molar-refractivity contribution >= 4 is 11.7 Å². The molecule has 0 saturated carbocycles.